The minimum Gasteiger partial charge on any atom is -0.304 e. The quantitative estimate of drug-likeness (QED) is 0.408. The van der Waals surface area contributed by atoms with Gasteiger partial charge in [0.2, 0.25) is 0 Å². The van der Waals surface area contributed by atoms with E-state index in [-0.39, 0.29) is 0 Å². The smallest absolute Gasteiger partial charge is 0.0588 e. The van der Waals surface area contributed by atoms with Crippen molar-refractivity contribution in [3.63, 3.8) is 0 Å². The van der Waals surface area contributed by atoms with Gasteiger partial charge in [-0.05, 0) is 51.5 Å². The molecule has 19 heavy (non-hydrogen) atoms. The molecule has 1 fully saturated rings. The molecule has 0 aromatic rings. The fourth-order valence-corrected chi connectivity index (χ4v) is 9.39. The number of likely N-dealkylation sites (tertiary alicyclic amines) is 1. The summed E-state index contributed by atoms with van der Waals surface area (Å²) >= 11 is 0. The Morgan fingerprint density at radius 1 is 1.00 bits per heavy atom. The van der Waals surface area contributed by atoms with E-state index in [0.717, 1.165) is 0 Å². The first-order chi connectivity index (χ1) is 9.12. The Labute approximate surface area is 122 Å². The number of hydrogen-bond donors (Lipinski definition) is 0. The Morgan fingerprint density at radius 2 is 1.58 bits per heavy atom. The van der Waals surface area contributed by atoms with Crippen LogP contribution in [0.15, 0.2) is 12.2 Å². The van der Waals surface area contributed by atoms with Gasteiger partial charge >= 0.3 is 0 Å². The van der Waals surface area contributed by atoms with Crippen molar-refractivity contribution in [2.24, 2.45) is 0 Å². The zero-order chi connectivity index (χ0) is 14.1. The largest absolute Gasteiger partial charge is 0.304 e. The molecule has 0 radical (unpaired) electrons. The normalized spacial score (nSPS) is 17.6. The van der Waals surface area contributed by atoms with Crippen LogP contribution in [-0.4, -0.2) is 32.6 Å². The summed E-state index contributed by atoms with van der Waals surface area (Å²) in [4.78, 5) is 2.73. The Morgan fingerprint density at radius 3 is 2.05 bits per heavy atom. The highest BCUT2D eigenvalue weighted by Gasteiger charge is 2.31. The Balaban J connectivity index is 2.56. The van der Waals surface area contributed by atoms with Crippen LogP contribution >= 0.6 is 0 Å². The summed E-state index contributed by atoms with van der Waals surface area (Å²) in [6.45, 7) is 15.3. The molecule has 0 N–H and O–H groups in total. The van der Waals surface area contributed by atoms with Gasteiger partial charge < -0.3 is 4.90 Å². The minimum atomic E-state index is -1.08. The van der Waals surface area contributed by atoms with Gasteiger partial charge in [-0.15, -0.1) is 6.58 Å². The van der Waals surface area contributed by atoms with Crippen molar-refractivity contribution in [3.8, 4) is 0 Å². The summed E-state index contributed by atoms with van der Waals surface area (Å²) < 4.78 is 0. The summed E-state index contributed by atoms with van der Waals surface area (Å²) in [5.74, 6) is 0. The summed E-state index contributed by atoms with van der Waals surface area (Å²) in [6.07, 6.45) is 7.06. The van der Waals surface area contributed by atoms with Crippen LogP contribution in [0, 0.1) is 0 Å². The average molecular weight is 282 g/mol. The van der Waals surface area contributed by atoms with E-state index in [0.29, 0.717) is 0 Å². The molecule has 0 spiro atoms. The second kappa shape index (κ2) is 8.96. The van der Waals surface area contributed by atoms with Gasteiger partial charge in [-0.3, -0.25) is 0 Å². The van der Waals surface area contributed by atoms with Gasteiger partial charge in [0.05, 0.1) is 8.07 Å². The van der Waals surface area contributed by atoms with E-state index in [1.54, 1.807) is 0 Å². The van der Waals surface area contributed by atoms with Gasteiger partial charge in [0, 0.05) is 0 Å². The lowest BCUT2D eigenvalue weighted by Gasteiger charge is -2.35. The standard InChI is InChI=1S/C17H35NSi/c1-5-13-19(14-6-2,16-17(3)4)15-12-18-10-8-7-9-11-18/h3,5-16H2,1-2,4H3. The van der Waals surface area contributed by atoms with E-state index in [1.807, 2.05) is 0 Å². The molecule has 2 heteroatoms. The average Bonchev–Trinajstić information content (AvgIpc) is 2.37. The second-order valence-corrected chi connectivity index (χ2v) is 11.6. The van der Waals surface area contributed by atoms with E-state index < -0.39 is 8.07 Å². The molecule has 112 valence electrons. The van der Waals surface area contributed by atoms with E-state index in [1.165, 1.54) is 81.5 Å². The first-order valence-electron chi connectivity index (χ1n) is 8.48. The number of nitrogens with zero attached hydrogens (tertiary/aromatic N) is 1. The summed E-state index contributed by atoms with van der Waals surface area (Å²) in [6, 6.07) is 5.92. The van der Waals surface area contributed by atoms with Crippen molar-refractivity contribution in [2.75, 3.05) is 19.6 Å². The molecule has 0 amide bonds. The lowest BCUT2D eigenvalue weighted by molar-refractivity contribution is 0.239. The lowest BCUT2D eigenvalue weighted by Crippen LogP contribution is -2.40. The van der Waals surface area contributed by atoms with Crippen molar-refractivity contribution in [1.82, 2.24) is 4.90 Å². The van der Waals surface area contributed by atoms with E-state index in [2.05, 4.69) is 32.3 Å². The molecule has 0 aromatic carbocycles. The molecule has 1 saturated heterocycles. The topological polar surface area (TPSA) is 3.24 Å². The summed E-state index contributed by atoms with van der Waals surface area (Å²) in [5, 5.41) is 0. The van der Waals surface area contributed by atoms with Crippen LogP contribution in [0.2, 0.25) is 24.2 Å². The maximum absolute atomic E-state index is 4.22. The number of allylic oxidation sites excluding steroid dienone is 1. The SMILES string of the molecule is C=C(C)C[Si](CCC)(CCC)CCN1CCCCC1. The molecule has 1 aliphatic heterocycles. The third-order valence-corrected chi connectivity index (χ3v) is 10.4. The number of hydrogen-bond acceptors (Lipinski definition) is 1. The minimum absolute atomic E-state index is 1.08. The molecule has 0 atom stereocenters. The van der Waals surface area contributed by atoms with Crippen molar-refractivity contribution in [1.29, 1.82) is 0 Å². The zero-order valence-corrected chi connectivity index (χ0v) is 14.6. The Bertz CT molecular complexity index is 250. The highest BCUT2D eigenvalue weighted by molar-refractivity contribution is 6.80. The Kier molecular flexibility index (Phi) is 8.01. The van der Waals surface area contributed by atoms with Gasteiger partial charge in [-0.25, -0.2) is 0 Å². The van der Waals surface area contributed by atoms with Crippen LogP contribution in [0.25, 0.3) is 0 Å². The number of piperidine rings is 1. The van der Waals surface area contributed by atoms with Crippen molar-refractivity contribution >= 4 is 8.07 Å². The molecule has 1 rings (SSSR count). The predicted octanol–water partition coefficient (Wildman–Crippen LogP) is 5.32. The van der Waals surface area contributed by atoms with Crippen LogP contribution in [-0.2, 0) is 0 Å². The van der Waals surface area contributed by atoms with E-state index in [9.17, 15) is 0 Å². The van der Waals surface area contributed by atoms with Crippen LogP contribution in [0.1, 0.15) is 52.9 Å². The molecule has 0 aliphatic carbocycles. The van der Waals surface area contributed by atoms with Crippen LogP contribution in [0.3, 0.4) is 0 Å². The van der Waals surface area contributed by atoms with Crippen LogP contribution < -0.4 is 0 Å². The van der Waals surface area contributed by atoms with Gasteiger partial charge in [-0.2, -0.15) is 0 Å². The molecule has 0 aromatic heterocycles. The van der Waals surface area contributed by atoms with E-state index >= 15 is 0 Å². The molecule has 1 aliphatic rings. The van der Waals surface area contributed by atoms with Crippen molar-refractivity contribution < 1.29 is 0 Å². The maximum Gasteiger partial charge on any atom is 0.0588 e. The third kappa shape index (κ3) is 6.27. The highest BCUT2D eigenvalue weighted by Crippen LogP contribution is 2.32. The van der Waals surface area contributed by atoms with Gasteiger partial charge in [0.1, 0.15) is 0 Å². The molecular formula is C17H35NSi. The first kappa shape index (κ1) is 17.0. The van der Waals surface area contributed by atoms with Crippen molar-refractivity contribution in [2.45, 2.75) is 77.1 Å². The highest BCUT2D eigenvalue weighted by atomic mass is 28.3. The molecule has 0 bridgehead atoms. The summed E-state index contributed by atoms with van der Waals surface area (Å²) in [5.41, 5.74) is 1.44. The summed E-state index contributed by atoms with van der Waals surface area (Å²) in [7, 11) is -1.08. The fourth-order valence-electron chi connectivity index (χ4n) is 3.92. The fraction of sp³-hybridized carbons (Fsp3) is 0.882. The lowest BCUT2D eigenvalue weighted by atomic mass is 10.1. The third-order valence-electron chi connectivity index (χ3n) is 4.64. The number of rotatable bonds is 9. The molecule has 1 nitrogen and oxygen atoms in total. The van der Waals surface area contributed by atoms with Gasteiger partial charge in [0.15, 0.2) is 0 Å². The van der Waals surface area contributed by atoms with E-state index in [4.69, 9.17) is 0 Å². The second-order valence-electron chi connectivity index (χ2n) is 6.79. The van der Waals surface area contributed by atoms with Crippen LogP contribution in [0.4, 0.5) is 0 Å². The molecule has 0 saturated carbocycles. The predicted molar refractivity (Wildman–Crippen MR) is 90.7 cm³/mol. The first-order valence-corrected chi connectivity index (χ1v) is 11.3. The van der Waals surface area contributed by atoms with Gasteiger partial charge in [-0.1, -0.05) is 50.8 Å². The maximum atomic E-state index is 4.22. The zero-order valence-electron chi connectivity index (χ0n) is 13.6. The monoisotopic (exact) mass is 281 g/mol. The molecular weight excluding hydrogens is 246 g/mol. The van der Waals surface area contributed by atoms with Crippen molar-refractivity contribution in [3.05, 3.63) is 12.2 Å². The molecule has 1 heterocycles. The van der Waals surface area contributed by atoms with Gasteiger partial charge in [0.25, 0.3) is 0 Å². The Hall–Kier alpha value is -0.0831. The van der Waals surface area contributed by atoms with Crippen LogP contribution in [0.5, 0.6) is 0 Å². The molecule has 0 unspecified atom stereocenters.